The first-order chi connectivity index (χ1) is 12.6. The van der Waals surface area contributed by atoms with Crippen molar-refractivity contribution in [3.63, 3.8) is 0 Å². The summed E-state index contributed by atoms with van der Waals surface area (Å²) in [7, 11) is 3.49. The number of nitrogens with zero attached hydrogens (tertiary/aromatic N) is 2. The fourth-order valence-corrected chi connectivity index (χ4v) is 3.19. The molecule has 1 amide bonds. The molecule has 0 bridgehead atoms. The summed E-state index contributed by atoms with van der Waals surface area (Å²) in [6.45, 7) is 2.29. The summed E-state index contributed by atoms with van der Waals surface area (Å²) in [4.78, 5) is 16.9. The van der Waals surface area contributed by atoms with Gasteiger partial charge in [0.25, 0.3) is 0 Å². The van der Waals surface area contributed by atoms with E-state index in [0.717, 1.165) is 18.7 Å². The van der Waals surface area contributed by atoms with Crippen LogP contribution in [-0.2, 0) is 4.79 Å². The number of carbonyl (C=O) groups excluding carboxylic acids is 1. The molecule has 0 aromatic heterocycles. The maximum absolute atomic E-state index is 13.8. The Labute approximate surface area is 153 Å². The molecule has 2 aromatic carbocycles. The Morgan fingerprint density at radius 3 is 2.65 bits per heavy atom. The molecule has 0 spiro atoms. The molecule has 136 valence electrons. The highest BCUT2D eigenvalue weighted by atomic mass is 19.1. The molecule has 2 aromatic rings. The van der Waals surface area contributed by atoms with Gasteiger partial charge in [-0.1, -0.05) is 36.4 Å². The first kappa shape index (κ1) is 18.1. The summed E-state index contributed by atoms with van der Waals surface area (Å²) in [5.41, 5.74) is 1.75. The zero-order valence-corrected chi connectivity index (χ0v) is 15.1. The van der Waals surface area contributed by atoms with E-state index in [1.165, 1.54) is 19.3 Å². The highest BCUT2D eigenvalue weighted by Crippen LogP contribution is 2.25. The zero-order chi connectivity index (χ0) is 18.5. The van der Waals surface area contributed by atoms with Crippen molar-refractivity contribution in [2.75, 3.05) is 33.8 Å². The Morgan fingerprint density at radius 2 is 1.96 bits per heavy atom. The molecule has 1 saturated heterocycles. The van der Waals surface area contributed by atoms with E-state index in [4.69, 9.17) is 4.74 Å². The second-order valence-electron chi connectivity index (χ2n) is 6.45. The van der Waals surface area contributed by atoms with Crippen LogP contribution in [0.5, 0.6) is 5.75 Å². The molecule has 0 aliphatic carbocycles. The summed E-state index contributed by atoms with van der Waals surface area (Å²) < 4.78 is 18.7. The SMILES string of the molecule is COc1ccc(C=CC(=O)N2CCN(C)CC2c2ccccc2)cc1F. The highest BCUT2D eigenvalue weighted by molar-refractivity contribution is 5.92. The normalized spacial score (nSPS) is 18.3. The van der Waals surface area contributed by atoms with Crippen LogP contribution in [0.4, 0.5) is 4.39 Å². The number of piperazine rings is 1. The molecule has 1 aliphatic rings. The molecule has 0 saturated carbocycles. The molecule has 1 unspecified atom stereocenters. The Morgan fingerprint density at radius 1 is 1.19 bits per heavy atom. The fourth-order valence-electron chi connectivity index (χ4n) is 3.19. The molecule has 1 aliphatic heterocycles. The van der Waals surface area contributed by atoms with Crippen LogP contribution in [-0.4, -0.2) is 49.5 Å². The van der Waals surface area contributed by atoms with Gasteiger partial charge in [-0.3, -0.25) is 4.79 Å². The first-order valence-electron chi connectivity index (χ1n) is 8.64. The molecule has 1 heterocycles. The van der Waals surface area contributed by atoms with Crippen molar-refractivity contribution in [3.8, 4) is 5.75 Å². The van der Waals surface area contributed by atoms with Gasteiger partial charge in [-0.15, -0.1) is 0 Å². The average molecular weight is 354 g/mol. The number of benzene rings is 2. The van der Waals surface area contributed by atoms with E-state index in [1.54, 1.807) is 18.2 Å². The van der Waals surface area contributed by atoms with Crippen LogP contribution in [0.15, 0.2) is 54.6 Å². The van der Waals surface area contributed by atoms with Crippen LogP contribution in [0.25, 0.3) is 6.08 Å². The van der Waals surface area contributed by atoms with Gasteiger partial charge in [-0.25, -0.2) is 4.39 Å². The number of hydrogen-bond acceptors (Lipinski definition) is 3. The van der Waals surface area contributed by atoms with E-state index in [9.17, 15) is 9.18 Å². The van der Waals surface area contributed by atoms with Crippen molar-refractivity contribution in [2.24, 2.45) is 0 Å². The van der Waals surface area contributed by atoms with Crippen molar-refractivity contribution in [2.45, 2.75) is 6.04 Å². The van der Waals surface area contributed by atoms with Crippen LogP contribution in [0.1, 0.15) is 17.2 Å². The van der Waals surface area contributed by atoms with Crippen molar-refractivity contribution in [1.29, 1.82) is 0 Å². The van der Waals surface area contributed by atoms with Gasteiger partial charge < -0.3 is 14.5 Å². The van der Waals surface area contributed by atoms with Crippen molar-refractivity contribution in [1.82, 2.24) is 9.80 Å². The van der Waals surface area contributed by atoms with Gasteiger partial charge in [0, 0.05) is 25.7 Å². The van der Waals surface area contributed by atoms with Gasteiger partial charge in [0.2, 0.25) is 5.91 Å². The van der Waals surface area contributed by atoms with E-state index < -0.39 is 5.82 Å². The first-order valence-corrected chi connectivity index (χ1v) is 8.64. The van der Waals surface area contributed by atoms with Crippen LogP contribution < -0.4 is 4.74 Å². The largest absolute Gasteiger partial charge is 0.494 e. The number of halogens is 1. The lowest BCUT2D eigenvalue weighted by atomic mass is 10.0. The van der Waals surface area contributed by atoms with E-state index in [2.05, 4.69) is 11.9 Å². The lowest BCUT2D eigenvalue weighted by Gasteiger charge is -2.39. The Kier molecular flexibility index (Phi) is 5.68. The maximum Gasteiger partial charge on any atom is 0.247 e. The quantitative estimate of drug-likeness (QED) is 0.790. The van der Waals surface area contributed by atoms with Crippen LogP contribution in [0.2, 0.25) is 0 Å². The predicted molar refractivity (Wildman–Crippen MR) is 100 cm³/mol. The Hall–Kier alpha value is -2.66. The van der Waals surface area contributed by atoms with Crippen LogP contribution in [0.3, 0.4) is 0 Å². The van der Waals surface area contributed by atoms with E-state index >= 15 is 0 Å². The number of amides is 1. The van der Waals surface area contributed by atoms with Gasteiger partial charge >= 0.3 is 0 Å². The minimum atomic E-state index is -0.441. The third-order valence-electron chi connectivity index (χ3n) is 4.65. The zero-order valence-electron chi connectivity index (χ0n) is 15.1. The lowest BCUT2D eigenvalue weighted by Crippen LogP contribution is -2.48. The van der Waals surface area contributed by atoms with Crippen LogP contribution >= 0.6 is 0 Å². The number of rotatable bonds is 4. The molecule has 1 fully saturated rings. The number of methoxy groups -OCH3 is 1. The number of hydrogen-bond donors (Lipinski definition) is 0. The topological polar surface area (TPSA) is 32.8 Å². The summed E-state index contributed by atoms with van der Waals surface area (Å²) >= 11 is 0. The highest BCUT2D eigenvalue weighted by Gasteiger charge is 2.28. The minimum Gasteiger partial charge on any atom is -0.494 e. The standard InChI is InChI=1S/C21H23FN2O2/c1-23-12-13-24(19(15-23)17-6-4-3-5-7-17)21(25)11-9-16-8-10-20(26-2)18(22)14-16/h3-11,14,19H,12-13,15H2,1-2H3. The van der Waals surface area contributed by atoms with Crippen molar-refractivity contribution < 1.29 is 13.9 Å². The second-order valence-corrected chi connectivity index (χ2v) is 6.45. The van der Waals surface area contributed by atoms with Crippen LogP contribution in [0, 0.1) is 5.82 Å². The molecule has 4 nitrogen and oxygen atoms in total. The molecule has 0 N–H and O–H groups in total. The van der Waals surface area contributed by atoms with Gasteiger partial charge in [0.15, 0.2) is 11.6 Å². The summed E-state index contributed by atoms with van der Waals surface area (Å²) in [5, 5.41) is 0. The maximum atomic E-state index is 13.8. The van der Waals surface area contributed by atoms with Gasteiger partial charge in [0.1, 0.15) is 0 Å². The second kappa shape index (κ2) is 8.15. The Bertz CT molecular complexity index is 792. The summed E-state index contributed by atoms with van der Waals surface area (Å²) in [6, 6.07) is 14.7. The van der Waals surface area contributed by atoms with Crippen molar-refractivity contribution >= 4 is 12.0 Å². The predicted octanol–water partition coefficient (Wildman–Crippen LogP) is 3.36. The average Bonchev–Trinajstić information content (AvgIpc) is 2.67. The lowest BCUT2D eigenvalue weighted by molar-refractivity contribution is -0.130. The molecular weight excluding hydrogens is 331 g/mol. The van der Waals surface area contributed by atoms with E-state index in [1.807, 2.05) is 35.2 Å². The molecule has 5 heteroatoms. The molecule has 3 rings (SSSR count). The Balaban J connectivity index is 1.77. The summed E-state index contributed by atoms with van der Waals surface area (Å²) in [5.74, 6) is -0.316. The fraction of sp³-hybridized carbons (Fsp3) is 0.286. The van der Waals surface area contributed by atoms with Gasteiger partial charge in [0.05, 0.1) is 13.2 Å². The van der Waals surface area contributed by atoms with E-state index in [-0.39, 0.29) is 17.7 Å². The van der Waals surface area contributed by atoms with Crippen molar-refractivity contribution in [3.05, 3.63) is 71.6 Å². The third kappa shape index (κ3) is 4.11. The monoisotopic (exact) mass is 354 g/mol. The molecule has 26 heavy (non-hydrogen) atoms. The molecule has 0 radical (unpaired) electrons. The smallest absolute Gasteiger partial charge is 0.247 e. The number of ether oxygens (including phenoxy) is 1. The van der Waals surface area contributed by atoms with Gasteiger partial charge in [-0.2, -0.15) is 0 Å². The summed E-state index contributed by atoms with van der Waals surface area (Å²) in [6.07, 6.45) is 3.16. The molecular formula is C21H23FN2O2. The number of carbonyl (C=O) groups is 1. The molecule has 1 atom stereocenters. The third-order valence-corrected chi connectivity index (χ3v) is 4.65. The van der Waals surface area contributed by atoms with Gasteiger partial charge in [-0.05, 0) is 36.4 Å². The minimum absolute atomic E-state index is 0.0136. The van der Waals surface area contributed by atoms with E-state index in [0.29, 0.717) is 12.1 Å². The number of likely N-dealkylation sites (N-methyl/N-ethyl adjacent to an activating group) is 1.